The third-order valence-electron chi connectivity index (χ3n) is 8.02. The van der Waals surface area contributed by atoms with E-state index < -0.39 is 28.7 Å². The number of hydrogen-bond donors (Lipinski definition) is 1. The zero-order valence-corrected chi connectivity index (χ0v) is 23.4. The van der Waals surface area contributed by atoms with Crippen LogP contribution in [0.3, 0.4) is 0 Å². The van der Waals surface area contributed by atoms with Gasteiger partial charge in [0.1, 0.15) is 6.04 Å². The summed E-state index contributed by atoms with van der Waals surface area (Å²) in [5.74, 6) is -2.12. The van der Waals surface area contributed by atoms with Crippen molar-refractivity contribution >= 4 is 46.8 Å². The molecule has 1 aromatic rings. The first-order valence-electron chi connectivity index (χ1n) is 13.5. The van der Waals surface area contributed by atoms with E-state index in [0.29, 0.717) is 30.3 Å². The van der Waals surface area contributed by atoms with E-state index in [1.807, 2.05) is 32.1 Å². The molecule has 6 atom stereocenters. The molecule has 0 saturated carbocycles. The number of aliphatic hydroxyl groups excluding tert-OH is 1. The van der Waals surface area contributed by atoms with Crippen LogP contribution in [-0.2, 0) is 19.1 Å². The first kappa shape index (κ1) is 27.3. The van der Waals surface area contributed by atoms with Gasteiger partial charge in [-0.05, 0) is 55.9 Å². The fourth-order valence-electron chi connectivity index (χ4n) is 6.42. The topological polar surface area (TPSA) is 87.2 Å². The second kappa shape index (κ2) is 11.1. The van der Waals surface area contributed by atoms with Crippen LogP contribution in [0.5, 0.6) is 0 Å². The van der Waals surface area contributed by atoms with Crippen LogP contribution in [0.15, 0.2) is 48.6 Å². The van der Waals surface area contributed by atoms with Crippen LogP contribution in [0.1, 0.15) is 39.5 Å². The third kappa shape index (κ3) is 4.69. The van der Waals surface area contributed by atoms with Crippen molar-refractivity contribution in [1.82, 2.24) is 4.90 Å². The summed E-state index contributed by atoms with van der Waals surface area (Å²) >= 11 is 7.64. The molecular formula is C29H35ClN2O5S. The molecule has 2 saturated heterocycles. The molecule has 1 aromatic carbocycles. The van der Waals surface area contributed by atoms with E-state index >= 15 is 0 Å². The summed E-state index contributed by atoms with van der Waals surface area (Å²) in [6, 6.07) is 5.67. The number of nitrogens with zero attached hydrogens (tertiary/aromatic N) is 2. The summed E-state index contributed by atoms with van der Waals surface area (Å²) in [6.45, 7) is 4.46. The Hall–Kier alpha value is -2.29. The molecule has 1 spiro atoms. The first-order valence-corrected chi connectivity index (χ1v) is 14.7. The molecule has 4 aliphatic heterocycles. The molecule has 2 fully saturated rings. The van der Waals surface area contributed by atoms with Crippen LogP contribution < -0.4 is 4.90 Å². The summed E-state index contributed by atoms with van der Waals surface area (Å²) in [5, 5.41) is 10.7. The molecule has 4 aliphatic rings. The second-order valence-electron chi connectivity index (χ2n) is 11.0. The number of rotatable bonds is 5. The normalized spacial score (nSPS) is 32.9. The number of anilines is 1. The Kier molecular flexibility index (Phi) is 7.94. The summed E-state index contributed by atoms with van der Waals surface area (Å²) in [6.07, 6.45) is 11.2. The van der Waals surface area contributed by atoms with Gasteiger partial charge in [-0.3, -0.25) is 14.4 Å². The van der Waals surface area contributed by atoms with Crippen molar-refractivity contribution < 1.29 is 24.2 Å². The predicted molar refractivity (Wildman–Crippen MR) is 149 cm³/mol. The number of fused-ring (bicyclic) bond motifs is 2. The maximum absolute atomic E-state index is 14.5. The average molecular weight is 559 g/mol. The molecule has 204 valence electrons. The van der Waals surface area contributed by atoms with E-state index in [4.69, 9.17) is 16.3 Å². The molecule has 1 unspecified atom stereocenters. The number of likely N-dealkylation sites (tertiary alicyclic amines) is 1. The van der Waals surface area contributed by atoms with E-state index in [2.05, 4.69) is 6.08 Å². The second-order valence-corrected chi connectivity index (χ2v) is 12.9. The van der Waals surface area contributed by atoms with Crippen LogP contribution in [0.25, 0.3) is 0 Å². The number of aliphatic hydroxyl groups is 1. The number of ether oxygens (including phenoxy) is 1. The highest BCUT2D eigenvalue weighted by molar-refractivity contribution is 8.02. The molecule has 0 bridgehead atoms. The fraction of sp³-hybridized carbons (Fsp3) is 0.552. The van der Waals surface area contributed by atoms with Crippen molar-refractivity contribution in [2.45, 2.75) is 61.6 Å². The smallest absolute Gasteiger partial charge is 0.311 e. The van der Waals surface area contributed by atoms with Gasteiger partial charge in [-0.1, -0.05) is 49.8 Å². The molecular weight excluding hydrogens is 524 g/mol. The third-order valence-corrected chi connectivity index (χ3v) is 10.0. The quantitative estimate of drug-likeness (QED) is 0.430. The average Bonchev–Trinajstić information content (AvgIpc) is 3.28. The van der Waals surface area contributed by atoms with Crippen LogP contribution in [0.2, 0.25) is 5.02 Å². The lowest BCUT2D eigenvalue weighted by Gasteiger charge is -2.39. The first-order chi connectivity index (χ1) is 18.3. The highest BCUT2D eigenvalue weighted by Crippen LogP contribution is 2.61. The maximum atomic E-state index is 14.5. The van der Waals surface area contributed by atoms with Gasteiger partial charge in [-0.2, -0.15) is 0 Å². The predicted octanol–water partition coefficient (Wildman–Crippen LogP) is 4.23. The highest BCUT2D eigenvalue weighted by atomic mass is 35.5. The van der Waals surface area contributed by atoms with Crippen molar-refractivity contribution in [3.05, 3.63) is 53.6 Å². The minimum atomic E-state index is -0.952. The van der Waals surface area contributed by atoms with Gasteiger partial charge in [0.15, 0.2) is 0 Å². The number of carbonyl (C=O) groups excluding carboxylic acids is 3. The maximum Gasteiger partial charge on any atom is 0.311 e. The zero-order valence-electron chi connectivity index (χ0n) is 21.8. The monoisotopic (exact) mass is 558 g/mol. The number of amides is 2. The molecule has 0 radical (unpaired) electrons. The SMILES string of the molecule is CC(C)C[C@H](CO)N1C(=O)[C@@H]2[C@@H]3C(=O)OCCCC/C=C\[C@@H]3S[C@@]23C=CCN(c2ccc(Cl)cc2)C(=O)C13. The van der Waals surface area contributed by atoms with E-state index in [1.54, 1.807) is 34.1 Å². The van der Waals surface area contributed by atoms with Gasteiger partial charge in [-0.25, -0.2) is 0 Å². The molecule has 0 aromatic heterocycles. The Balaban J connectivity index is 1.63. The molecule has 2 amide bonds. The minimum absolute atomic E-state index is 0.196. The van der Waals surface area contributed by atoms with Gasteiger partial charge in [0.05, 0.1) is 35.8 Å². The molecule has 4 heterocycles. The molecule has 38 heavy (non-hydrogen) atoms. The summed E-state index contributed by atoms with van der Waals surface area (Å²) in [4.78, 5) is 45.6. The van der Waals surface area contributed by atoms with Gasteiger partial charge in [-0.15, -0.1) is 11.8 Å². The van der Waals surface area contributed by atoms with Gasteiger partial charge >= 0.3 is 5.97 Å². The summed E-state index contributed by atoms with van der Waals surface area (Å²) < 4.78 is 4.72. The van der Waals surface area contributed by atoms with E-state index in [1.165, 1.54) is 11.8 Å². The van der Waals surface area contributed by atoms with Crippen molar-refractivity contribution in [3.63, 3.8) is 0 Å². The standard InChI is InChI=1S/C29H35ClN2O5S/c1-18(2)16-21(17-33)32-25-27(35)31(20-11-9-19(30)10-12-20)14-7-13-29(25)24(26(32)34)23-22(38-29)8-5-3-4-6-15-37-28(23)36/h5,7-13,18,21-25,33H,3-4,6,14-17H2,1-2H3/b8-5-/t21-,22+,23-,24+,25?,29+/m1/s1. The van der Waals surface area contributed by atoms with Gasteiger partial charge in [0, 0.05) is 22.5 Å². The number of cyclic esters (lactones) is 1. The molecule has 9 heteroatoms. The van der Waals surface area contributed by atoms with Crippen molar-refractivity contribution in [3.8, 4) is 0 Å². The number of halogens is 1. The van der Waals surface area contributed by atoms with E-state index in [9.17, 15) is 19.5 Å². The van der Waals surface area contributed by atoms with Crippen LogP contribution in [0.4, 0.5) is 5.69 Å². The highest BCUT2D eigenvalue weighted by Gasteiger charge is 2.71. The lowest BCUT2D eigenvalue weighted by Crippen LogP contribution is -2.57. The Morgan fingerprint density at radius 3 is 2.61 bits per heavy atom. The van der Waals surface area contributed by atoms with Crippen molar-refractivity contribution in [2.75, 3.05) is 24.7 Å². The number of benzene rings is 1. The van der Waals surface area contributed by atoms with Gasteiger partial charge in [0.25, 0.3) is 5.91 Å². The number of esters is 1. The lowest BCUT2D eigenvalue weighted by molar-refractivity contribution is -0.153. The van der Waals surface area contributed by atoms with Gasteiger partial charge in [0.2, 0.25) is 5.91 Å². The number of carbonyl (C=O) groups is 3. The van der Waals surface area contributed by atoms with Crippen LogP contribution in [0, 0.1) is 17.8 Å². The molecule has 1 N–H and O–H groups in total. The van der Waals surface area contributed by atoms with Crippen LogP contribution >= 0.6 is 23.4 Å². The van der Waals surface area contributed by atoms with Crippen molar-refractivity contribution in [1.29, 1.82) is 0 Å². The molecule has 7 nitrogen and oxygen atoms in total. The van der Waals surface area contributed by atoms with Gasteiger partial charge < -0.3 is 19.6 Å². The molecule has 0 aliphatic carbocycles. The summed E-state index contributed by atoms with van der Waals surface area (Å²) in [5.41, 5.74) is 0.683. The Morgan fingerprint density at radius 1 is 1.13 bits per heavy atom. The van der Waals surface area contributed by atoms with E-state index in [0.717, 1.165) is 19.3 Å². The minimum Gasteiger partial charge on any atom is -0.465 e. The number of thioether (sulfide) groups is 1. The Labute approximate surface area is 233 Å². The Morgan fingerprint density at radius 2 is 1.89 bits per heavy atom. The van der Waals surface area contributed by atoms with Crippen molar-refractivity contribution in [2.24, 2.45) is 17.8 Å². The van der Waals surface area contributed by atoms with E-state index in [-0.39, 0.29) is 35.6 Å². The number of allylic oxidation sites excluding steroid dienone is 1. The summed E-state index contributed by atoms with van der Waals surface area (Å²) in [7, 11) is 0. The Bertz CT molecular complexity index is 1140. The fourth-order valence-corrected chi connectivity index (χ4v) is 8.54. The molecule has 5 rings (SSSR count). The zero-order chi connectivity index (χ0) is 27.0. The van der Waals surface area contributed by atoms with Crippen LogP contribution in [-0.4, -0.2) is 69.6 Å². The number of hydrogen-bond acceptors (Lipinski definition) is 6. The largest absolute Gasteiger partial charge is 0.465 e. The lowest BCUT2D eigenvalue weighted by atomic mass is 9.78.